The van der Waals surface area contributed by atoms with Gasteiger partial charge in [-0.1, -0.05) is 91.0 Å². The first-order valence-electron chi connectivity index (χ1n) is 13.0. The Kier molecular flexibility index (Phi) is 8.64. The van der Waals surface area contributed by atoms with Gasteiger partial charge in [0.25, 0.3) is 0 Å². The molecule has 1 heterocycles. The Bertz CT molecular complexity index is 1110. The highest BCUT2D eigenvalue weighted by Gasteiger charge is 2.67. The van der Waals surface area contributed by atoms with Gasteiger partial charge in [0.2, 0.25) is 0 Å². The van der Waals surface area contributed by atoms with Gasteiger partial charge in [-0.25, -0.2) is 0 Å². The number of hydrogen-bond donors (Lipinski definition) is 0. The van der Waals surface area contributed by atoms with Crippen molar-refractivity contribution in [3.05, 3.63) is 108 Å². The van der Waals surface area contributed by atoms with Crippen molar-refractivity contribution in [2.24, 2.45) is 11.8 Å². The van der Waals surface area contributed by atoms with E-state index in [0.29, 0.717) is 33.0 Å². The van der Waals surface area contributed by atoms with Gasteiger partial charge in [0.05, 0.1) is 51.2 Å². The van der Waals surface area contributed by atoms with Gasteiger partial charge >= 0.3 is 5.97 Å². The van der Waals surface area contributed by atoms with E-state index < -0.39 is 6.10 Å². The normalized spacial score (nSPS) is 26.3. The molecule has 0 bridgehead atoms. The van der Waals surface area contributed by atoms with Crippen molar-refractivity contribution in [2.75, 3.05) is 13.2 Å². The molecule has 0 aromatic heterocycles. The summed E-state index contributed by atoms with van der Waals surface area (Å²) in [6.07, 6.45) is -1.38. The average Bonchev–Trinajstić information content (AvgIpc) is 3.67. The molecule has 2 fully saturated rings. The number of esters is 1. The number of carbonyl (C=O) groups is 1. The maximum atomic E-state index is 12.8. The molecule has 0 radical (unpaired) electrons. The second-order valence-corrected chi connectivity index (χ2v) is 9.52. The molecule has 6 heteroatoms. The van der Waals surface area contributed by atoms with E-state index in [1.807, 2.05) is 97.9 Å². The zero-order valence-corrected chi connectivity index (χ0v) is 21.1. The van der Waals surface area contributed by atoms with Crippen LogP contribution in [0.1, 0.15) is 23.6 Å². The molecule has 1 aliphatic heterocycles. The van der Waals surface area contributed by atoms with Crippen LogP contribution >= 0.6 is 0 Å². The van der Waals surface area contributed by atoms with E-state index in [1.54, 1.807) is 0 Å². The summed E-state index contributed by atoms with van der Waals surface area (Å²) in [4.78, 5) is 12.8. The molecule has 37 heavy (non-hydrogen) atoms. The van der Waals surface area contributed by atoms with Crippen molar-refractivity contribution in [3.63, 3.8) is 0 Å². The van der Waals surface area contributed by atoms with Crippen LogP contribution in [0, 0.1) is 11.8 Å². The molecular weight excluding hydrogens is 468 g/mol. The summed E-state index contributed by atoms with van der Waals surface area (Å²) >= 11 is 0. The fourth-order valence-corrected chi connectivity index (χ4v) is 5.05. The third-order valence-corrected chi connectivity index (χ3v) is 6.93. The van der Waals surface area contributed by atoms with Crippen LogP contribution in [0.25, 0.3) is 0 Å². The van der Waals surface area contributed by atoms with Crippen molar-refractivity contribution in [1.82, 2.24) is 0 Å². The van der Waals surface area contributed by atoms with Crippen LogP contribution in [0.4, 0.5) is 0 Å². The monoisotopic (exact) mass is 502 g/mol. The number of benzene rings is 3. The van der Waals surface area contributed by atoms with Crippen molar-refractivity contribution >= 4 is 5.97 Å². The standard InChI is InChI=1S/C31H34O6/c1-2-34-31(32)27-26-29(27)37-25(21-33-18-22-12-6-3-7-13-22)28(35-19-23-14-8-4-9-15-23)30(26)36-20-24-16-10-5-11-17-24/h3-17,25-30H,2,18-21H2,1H3/t25-,26+,27-,28-,29?,30-/m1/s1. The summed E-state index contributed by atoms with van der Waals surface area (Å²) in [7, 11) is 0. The van der Waals surface area contributed by atoms with Gasteiger partial charge in [-0.05, 0) is 23.6 Å². The summed E-state index contributed by atoms with van der Waals surface area (Å²) in [6.45, 7) is 3.79. The molecule has 2 aliphatic rings. The smallest absolute Gasteiger partial charge is 0.312 e. The van der Waals surface area contributed by atoms with Crippen molar-refractivity contribution < 1.29 is 28.5 Å². The van der Waals surface area contributed by atoms with Crippen molar-refractivity contribution in [2.45, 2.75) is 51.2 Å². The first kappa shape index (κ1) is 25.6. The molecule has 0 amide bonds. The third-order valence-electron chi connectivity index (χ3n) is 6.93. The minimum Gasteiger partial charge on any atom is -0.466 e. The molecule has 6 nitrogen and oxygen atoms in total. The summed E-state index contributed by atoms with van der Waals surface area (Å²) in [5.41, 5.74) is 3.22. The van der Waals surface area contributed by atoms with E-state index in [2.05, 4.69) is 0 Å². The lowest BCUT2D eigenvalue weighted by atomic mass is 9.99. The second kappa shape index (κ2) is 12.5. The Morgan fingerprint density at radius 3 is 1.78 bits per heavy atom. The van der Waals surface area contributed by atoms with Crippen LogP contribution in [0.15, 0.2) is 91.0 Å². The molecule has 5 rings (SSSR count). The average molecular weight is 503 g/mol. The van der Waals surface area contributed by atoms with Crippen LogP contribution < -0.4 is 0 Å². The Hall–Kier alpha value is -3.03. The molecule has 1 aliphatic carbocycles. The van der Waals surface area contributed by atoms with Gasteiger partial charge < -0.3 is 23.7 Å². The van der Waals surface area contributed by atoms with Crippen molar-refractivity contribution in [3.8, 4) is 0 Å². The van der Waals surface area contributed by atoms with Gasteiger partial charge in [0.1, 0.15) is 12.2 Å². The zero-order valence-electron chi connectivity index (χ0n) is 21.1. The molecule has 0 N–H and O–H groups in total. The lowest BCUT2D eigenvalue weighted by molar-refractivity contribution is -0.201. The molecule has 3 aromatic rings. The molecule has 3 aromatic carbocycles. The fraction of sp³-hybridized carbons (Fsp3) is 0.387. The van der Waals surface area contributed by atoms with Crippen LogP contribution in [0.3, 0.4) is 0 Å². The predicted octanol–water partition coefficient (Wildman–Crippen LogP) is 4.95. The van der Waals surface area contributed by atoms with E-state index >= 15 is 0 Å². The van der Waals surface area contributed by atoms with Crippen LogP contribution in [-0.2, 0) is 48.3 Å². The van der Waals surface area contributed by atoms with Gasteiger partial charge in [0.15, 0.2) is 0 Å². The van der Waals surface area contributed by atoms with E-state index in [4.69, 9.17) is 23.7 Å². The topological polar surface area (TPSA) is 63.2 Å². The lowest BCUT2D eigenvalue weighted by Gasteiger charge is -2.37. The van der Waals surface area contributed by atoms with E-state index in [9.17, 15) is 4.79 Å². The highest BCUT2D eigenvalue weighted by molar-refractivity contribution is 5.77. The molecule has 1 saturated carbocycles. The number of fused-ring (bicyclic) bond motifs is 1. The van der Waals surface area contributed by atoms with Gasteiger partial charge in [-0.3, -0.25) is 4.79 Å². The Morgan fingerprint density at radius 2 is 1.24 bits per heavy atom. The molecule has 6 atom stereocenters. The molecule has 194 valence electrons. The fourth-order valence-electron chi connectivity index (χ4n) is 5.05. The number of ether oxygens (including phenoxy) is 5. The SMILES string of the molecule is CCOC(=O)[C@H]1C2O[C@H](COCc3ccccc3)[C@@H](OCc3ccccc3)[C@H](OCc3ccccc3)[C@H]21. The van der Waals surface area contributed by atoms with Gasteiger partial charge in [-0.15, -0.1) is 0 Å². The molecule has 1 unspecified atom stereocenters. The second-order valence-electron chi connectivity index (χ2n) is 9.52. The van der Waals surface area contributed by atoms with E-state index in [0.717, 1.165) is 16.7 Å². The maximum Gasteiger partial charge on any atom is 0.312 e. The van der Waals surface area contributed by atoms with E-state index in [1.165, 1.54) is 0 Å². The minimum absolute atomic E-state index is 0.117. The first-order chi connectivity index (χ1) is 18.2. The summed E-state index contributed by atoms with van der Waals surface area (Å²) < 4.78 is 30.9. The largest absolute Gasteiger partial charge is 0.466 e. The molecule has 0 spiro atoms. The lowest BCUT2D eigenvalue weighted by Crippen LogP contribution is -2.50. The first-order valence-corrected chi connectivity index (χ1v) is 13.0. The Balaban J connectivity index is 1.34. The van der Waals surface area contributed by atoms with Crippen LogP contribution in [0.2, 0.25) is 0 Å². The third kappa shape index (κ3) is 6.46. The quantitative estimate of drug-likeness (QED) is 0.327. The Labute approximate surface area is 218 Å². The maximum absolute atomic E-state index is 12.8. The summed E-state index contributed by atoms with van der Waals surface area (Å²) in [6, 6.07) is 30.1. The predicted molar refractivity (Wildman–Crippen MR) is 138 cm³/mol. The highest BCUT2D eigenvalue weighted by Crippen LogP contribution is 2.52. The molecular formula is C31H34O6. The van der Waals surface area contributed by atoms with Crippen LogP contribution in [0.5, 0.6) is 0 Å². The number of carbonyl (C=O) groups excluding carboxylic acids is 1. The number of rotatable bonds is 12. The Morgan fingerprint density at radius 1 is 0.730 bits per heavy atom. The van der Waals surface area contributed by atoms with Crippen LogP contribution in [-0.4, -0.2) is 43.6 Å². The van der Waals surface area contributed by atoms with Crippen molar-refractivity contribution in [1.29, 1.82) is 0 Å². The summed E-state index contributed by atoms with van der Waals surface area (Å²) in [5.74, 6) is -0.713. The van der Waals surface area contributed by atoms with E-state index in [-0.39, 0.29) is 36.1 Å². The minimum atomic E-state index is -0.402. The van der Waals surface area contributed by atoms with Gasteiger partial charge in [0, 0.05) is 5.92 Å². The van der Waals surface area contributed by atoms with Gasteiger partial charge in [-0.2, -0.15) is 0 Å². The number of hydrogen-bond acceptors (Lipinski definition) is 6. The summed E-state index contributed by atoms with van der Waals surface area (Å²) in [5, 5.41) is 0. The highest BCUT2D eigenvalue weighted by atomic mass is 16.6. The zero-order chi connectivity index (χ0) is 25.5. The molecule has 1 saturated heterocycles.